The maximum absolute atomic E-state index is 13.1. The summed E-state index contributed by atoms with van der Waals surface area (Å²) in [4.78, 5) is 29.2. The van der Waals surface area contributed by atoms with Crippen LogP contribution in [0.4, 0.5) is 4.79 Å². The van der Waals surface area contributed by atoms with E-state index in [1.165, 1.54) is 0 Å². The Morgan fingerprint density at radius 3 is 2.59 bits per heavy atom. The SMILES string of the molecule is Cc1cc(Br)c(O)c(C(=O)N2CCCC(CN(C(=O)OC(C)(C)C)C(C)C)C2)c1. The van der Waals surface area contributed by atoms with Crippen molar-refractivity contribution in [2.75, 3.05) is 19.6 Å². The number of carbonyl (C=O) groups excluding carboxylic acids is 2. The van der Waals surface area contributed by atoms with Crippen LogP contribution in [0, 0.1) is 12.8 Å². The average Bonchev–Trinajstić information content (AvgIpc) is 2.60. The number of halogens is 1. The minimum Gasteiger partial charge on any atom is -0.506 e. The number of piperidine rings is 1. The van der Waals surface area contributed by atoms with Crippen LogP contribution in [0.2, 0.25) is 0 Å². The molecule has 0 aliphatic carbocycles. The van der Waals surface area contributed by atoms with Crippen molar-refractivity contribution in [3.8, 4) is 5.75 Å². The number of nitrogens with zero attached hydrogens (tertiary/aromatic N) is 2. The number of benzene rings is 1. The molecule has 6 nitrogen and oxygen atoms in total. The number of hydrogen-bond acceptors (Lipinski definition) is 4. The maximum atomic E-state index is 13.1. The highest BCUT2D eigenvalue weighted by atomic mass is 79.9. The van der Waals surface area contributed by atoms with Crippen LogP contribution in [0.25, 0.3) is 0 Å². The van der Waals surface area contributed by atoms with Crippen LogP contribution in [-0.2, 0) is 4.74 Å². The molecule has 2 rings (SSSR count). The van der Waals surface area contributed by atoms with Gasteiger partial charge in [0.1, 0.15) is 11.4 Å². The molecular formula is C22H33BrN2O4. The molecule has 1 aromatic carbocycles. The Balaban J connectivity index is 2.11. The topological polar surface area (TPSA) is 70.1 Å². The first-order valence-electron chi connectivity index (χ1n) is 10.2. The Kier molecular flexibility index (Phi) is 7.60. The third kappa shape index (κ3) is 6.36. The predicted octanol–water partition coefficient (Wildman–Crippen LogP) is 4.96. The van der Waals surface area contributed by atoms with E-state index < -0.39 is 5.60 Å². The summed E-state index contributed by atoms with van der Waals surface area (Å²) in [7, 11) is 0. The van der Waals surface area contributed by atoms with E-state index in [1.807, 2.05) is 41.5 Å². The van der Waals surface area contributed by atoms with Crippen LogP contribution < -0.4 is 0 Å². The number of phenols is 1. The Hall–Kier alpha value is -1.76. The summed E-state index contributed by atoms with van der Waals surface area (Å²) in [6.45, 7) is 13.1. The van der Waals surface area contributed by atoms with Crippen molar-refractivity contribution in [2.24, 2.45) is 5.92 Å². The predicted molar refractivity (Wildman–Crippen MR) is 117 cm³/mol. The van der Waals surface area contributed by atoms with E-state index >= 15 is 0 Å². The molecule has 1 unspecified atom stereocenters. The van der Waals surface area contributed by atoms with E-state index in [1.54, 1.807) is 21.9 Å². The number of rotatable bonds is 4. The van der Waals surface area contributed by atoms with Crippen molar-refractivity contribution in [1.29, 1.82) is 0 Å². The van der Waals surface area contributed by atoms with Gasteiger partial charge in [-0.05, 0) is 93.9 Å². The molecule has 2 amide bonds. The molecule has 29 heavy (non-hydrogen) atoms. The quantitative estimate of drug-likeness (QED) is 0.677. The van der Waals surface area contributed by atoms with Gasteiger partial charge in [0, 0.05) is 25.7 Å². The molecule has 0 radical (unpaired) electrons. The normalized spacial score (nSPS) is 17.4. The van der Waals surface area contributed by atoms with Crippen LogP contribution in [0.3, 0.4) is 0 Å². The number of aromatic hydroxyl groups is 1. The van der Waals surface area contributed by atoms with Crippen molar-refractivity contribution in [1.82, 2.24) is 9.80 Å². The van der Waals surface area contributed by atoms with Crippen molar-refractivity contribution >= 4 is 27.9 Å². The van der Waals surface area contributed by atoms with Crippen LogP contribution in [0.15, 0.2) is 16.6 Å². The molecule has 1 aliphatic heterocycles. The lowest BCUT2D eigenvalue weighted by Gasteiger charge is -2.37. The van der Waals surface area contributed by atoms with Crippen LogP contribution in [0.5, 0.6) is 5.75 Å². The van der Waals surface area contributed by atoms with Crippen LogP contribution in [-0.4, -0.2) is 58.2 Å². The lowest BCUT2D eigenvalue weighted by Crippen LogP contribution is -2.48. The maximum Gasteiger partial charge on any atom is 0.410 e. The molecule has 1 fully saturated rings. The third-order valence-electron chi connectivity index (χ3n) is 4.95. The molecule has 0 bridgehead atoms. The van der Waals surface area contributed by atoms with E-state index in [0.29, 0.717) is 29.7 Å². The zero-order valence-electron chi connectivity index (χ0n) is 18.3. The molecule has 0 spiro atoms. The van der Waals surface area contributed by atoms with E-state index in [4.69, 9.17) is 4.74 Å². The monoisotopic (exact) mass is 468 g/mol. The molecule has 0 aromatic heterocycles. The van der Waals surface area contributed by atoms with E-state index in [0.717, 1.165) is 18.4 Å². The summed E-state index contributed by atoms with van der Waals surface area (Å²) in [5.74, 6) is -0.0386. The molecule has 1 heterocycles. The largest absolute Gasteiger partial charge is 0.506 e. The van der Waals surface area contributed by atoms with Gasteiger partial charge < -0.3 is 19.6 Å². The van der Waals surface area contributed by atoms with Gasteiger partial charge >= 0.3 is 6.09 Å². The number of amides is 2. The summed E-state index contributed by atoms with van der Waals surface area (Å²) < 4.78 is 6.08. The summed E-state index contributed by atoms with van der Waals surface area (Å²) >= 11 is 3.31. The summed E-state index contributed by atoms with van der Waals surface area (Å²) in [5.41, 5.74) is 0.669. The molecule has 162 valence electrons. The second-order valence-electron chi connectivity index (χ2n) is 9.13. The van der Waals surface area contributed by atoms with Gasteiger partial charge in [-0.1, -0.05) is 0 Å². The molecule has 1 aromatic rings. The Morgan fingerprint density at radius 1 is 1.34 bits per heavy atom. The Labute approximate surface area is 182 Å². The van der Waals surface area contributed by atoms with Crippen LogP contribution in [0.1, 0.15) is 63.4 Å². The second kappa shape index (κ2) is 9.37. The zero-order chi connectivity index (χ0) is 21.9. The first kappa shape index (κ1) is 23.5. The highest BCUT2D eigenvalue weighted by molar-refractivity contribution is 9.10. The number of aryl methyl sites for hydroxylation is 1. The zero-order valence-corrected chi connectivity index (χ0v) is 19.9. The minimum absolute atomic E-state index is 0.00713. The summed E-state index contributed by atoms with van der Waals surface area (Å²) in [5, 5.41) is 10.3. The molecular weight excluding hydrogens is 436 g/mol. The van der Waals surface area contributed by atoms with Gasteiger partial charge in [-0.25, -0.2) is 4.79 Å². The van der Waals surface area contributed by atoms with E-state index in [-0.39, 0.29) is 29.7 Å². The Bertz CT molecular complexity index is 758. The Morgan fingerprint density at radius 2 is 2.00 bits per heavy atom. The number of hydrogen-bond donors (Lipinski definition) is 1. The third-order valence-corrected chi connectivity index (χ3v) is 5.56. The fourth-order valence-corrected chi connectivity index (χ4v) is 4.14. The molecule has 1 atom stereocenters. The van der Waals surface area contributed by atoms with Gasteiger partial charge in [0.2, 0.25) is 0 Å². The first-order chi connectivity index (χ1) is 13.4. The molecule has 1 aliphatic rings. The van der Waals surface area contributed by atoms with Gasteiger partial charge in [-0.2, -0.15) is 0 Å². The van der Waals surface area contributed by atoms with Crippen molar-refractivity contribution in [3.63, 3.8) is 0 Å². The number of ether oxygens (including phenoxy) is 1. The van der Waals surface area contributed by atoms with Gasteiger partial charge in [-0.3, -0.25) is 4.79 Å². The van der Waals surface area contributed by atoms with E-state index in [2.05, 4.69) is 15.9 Å². The average molecular weight is 469 g/mol. The van der Waals surface area contributed by atoms with Crippen molar-refractivity contribution in [2.45, 2.75) is 66.0 Å². The number of likely N-dealkylation sites (tertiary alicyclic amines) is 1. The fourth-order valence-electron chi connectivity index (χ4n) is 3.56. The van der Waals surface area contributed by atoms with Gasteiger partial charge in [-0.15, -0.1) is 0 Å². The summed E-state index contributed by atoms with van der Waals surface area (Å²) in [6.07, 6.45) is 1.49. The smallest absolute Gasteiger partial charge is 0.410 e. The van der Waals surface area contributed by atoms with Crippen molar-refractivity contribution in [3.05, 3.63) is 27.7 Å². The first-order valence-corrected chi connectivity index (χ1v) is 11.0. The standard InChI is InChI=1S/C22H33BrN2O4/c1-14(2)25(21(28)29-22(4,5)6)13-16-8-7-9-24(12-16)20(27)17-10-15(3)11-18(23)19(17)26/h10-11,14,16,26H,7-9,12-13H2,1-6H3. The minimum atomic E-state index is -0.547. The fraction of sp³-hybridized carbons (Fsp3) is 0.636. The molecule has 7 heteroatoms. The van der Waals surface area contributed by atoms with Gasteiger partial charge in [0.05, 0.1) is 10.0 Å². The molecule has 1 N–H and O–H groups in total. The van der Waals surface area contributed by atoms with Crippen LogP contribution >= 0.6 is 15.9 Å². The van der Waals surface area contributed by atoms with E-state index in [9.17, 15) is 14.7 Å². The lowest BCUT2D eigenvalue weighted by atomic mass is 9.96. The number of carbonyl (C=O) groups is 2. The summed E-state index contributed by atoms with van der Waals surface area (Å²) in [6, 6.07) is 3.51. The highest BCUT2D eigenvalue weighted by Gasteiger charge is 2.31. The van der Waals surface area contributed by atoms with Gasteiger partial charge in [0.15, 0.2) is 0 Å². The second-order valence-corrected chi connectivity index (χ2v) is 9.98. The molecule has 1 saturated heterocycles. The highest BCUT2D eigenvalue weighted by Crippen LogP contribution is 2.31. The number of phenolic OH excluding ortho intramolecular Hbond substituents is 1. The van der Waals surface area contributed by atoms with Gasteiger partial charge in [0.25, 0.3) is 5.91 Å². The lowest BCUT2D eigenvalue weighted by molar-refractivity contribution is 0.0124. The van der Waals surface area contributed by atoms with Crippen molar-refractivity contribution < 1.29 is 19.4 Å². The molecule has 0 saturated carbocycles.